The van der Waals surface area contributed by atoms with Crippen LogP contribution in [0.25, 0.3) is 0 Å². The summed E-state index contributed by atoms with van der Waals surface area (Å²) in [6, 6.07) is 0. The molecule has 1 N–H and O–H groups in total. The lowest BCUT2D eigenvalue weighted by atomic mass is 9.81. The molecule has 0 radical (unpaired) electrons. The van der Waals surface area contributed by atoms with Crippen LogP contribution in [-0.4, -0.2) is 57.7 Å². The number of carbonyl (C=O) groups is 1. The van der Waals surface area contributed by atoms with Crippen molar-refractivity contribution in [1.82, 2.24) is 0 Å². The first-order valence-corrected chi connectivity index (χ1v) is 11.6. The van der Waals surface area contributed by atoms with Gasteiger partial charge in [-0.2, -0.15) is 0 Å². The second kappa shape index (κ2) is 10.6. The predicted octanol–water partition coefficient (Wildman–Crippen LogP) is 5.05. The highest BCUT2D eigenvalue weighted by atomic mass is 127. The van der Waals surface area contributed by atoms with Crippen LogP contribution in [0, 0.1) is 5.41 Å². The van der Waals surface area contributed by atoms with E-state index in [1.807, 2.05) is 20.8 Å². The van der Waals surface area contributed by atoms with Crippen LogP contribution in [0.1, 0.15) is 47.0 Å². The molecule has 0 aromatic rings. The summed E-state index contributed by atoms with van der Waals surface area (Å²) >= 11 is 6.12. The van der Waals surface area contributed by atoms with Crippen LogP contribution in [0.4, 0.5) is 0 Å². The standard InChI is InChI=1S/C16H33BBrINO3P/c1-8-10-17(19)24-14(21)15(2,3)12-16(4,18)13(23-22)9-11-20(5,6)7/h13,24H,8-12H2,1-7H3/p+1. The Morgan fingerprint density at radius 2 is 1.92 bits per heavy atom. The molecule has 0 saturated carbocycles. The number of hydrogen-bond acceptors (Lipinski definition) is 3. The van der Waals surface area contributed by atoms with Crippen molar-refractivity contribution in [1.29, 1.82) is 0 Å². The number of hydrogen-bond donors (Lipinski definition) is 1. The molecule has 0 saturated heterocycles. The van der Waals surface area contributed by atoms with Crippen molar-refractivity contribution in [2.24, 2.45) is 5.41 Å². The van der Waals surface area contributed by atoms with Crippen molar-refractivity contribution in [2.45, 2.75) is 63.7 Å². The molecule has 142 valence electrons. The fourth-order valence-corrected chi connectivity index (χ4v) is 6.37. The van der Waals surface area contributed by atoms with Gasteiger partial charge in [-0.05, 0) is 13.3 Å². The van der Waals surface area contributed by atoms with Gasteiger partial charge >= 0.3 is 0 Å². The molecule has 0 bridgehead atoms. The minimum Gasteiger partial charge on any atom is -0.331 e. The summed E-state index contributed by atoms with van der Waals surface area (Å²) in [5.74, 6) is 0. The molecule has 0 aliphatic carbocycles. The highest BCUT2D eigenvalue weighted by Crippen LogP contribution is 2.43. The third-order valence-corrected chi connectivity index (χ3v) is 7.98. The van der Waals surface area contributed by atoms with Gasteiger partial charge < -0.3 is 4.48 Å². The number of halogens is 2. The van der Waals surface area contributed by atoms with E-state index in [9.17, 15) is 10.1 Å². The maximum absolute atomic E-state index is 12.7. The van der Waals surface area contributed by atoms with E-state index in [1.54, 1.807) is 0 Å². The highest BCUT2D eigenvalue weighted by molar-refractivity contribution is 14.1. The van der Waals surface area contributed by atoms with Crippen molar-refractivity contribution < 1.29 is 19.4 Å². The molecule has 0 aliphatic heterocycles. The molecule has 0 amide bonds. The Morgan fingerprint density at radius 3 is 2.33 bits per heavy atom. The molecule has 0 aromatic carbocycles. The number of carbonyl (C=O) groups excluding carboxylic acids is 1. The molecule has 0 rings (SSSR count). The van der Waals surface area contributed by atoms with Gasteiger partial charge in [-0.3, -0.25) is 10.1 Å². The largest absolute Gasteiger partial charge is 0.331 e. The van der Waals surface area contributed by atoms with Crippen molar-refractivity contribution >= 4 is 56.6 Å². The second-order valence-corrected chi connectivity index (χ2v) is 14.4. The first kappa shape index (κ1) is 25.3. The molecule has 0 aromatic heterocycles. The van der Waals surface area contributed by atoms with Gasteiger partial charge in [0.2, 0.25) is 0 Å². The zero-order valence-electron chi connectivity index (χ0n) is 16.2. The average Bonchev–Trinajstić information content (AvgIpc) is 2.36. The fraction of sp³-hybridized carbons (Fsp3) is 0.938. The van der Waals surface area contributed by atoms with Gasteiger partial charge in [0.25, 0.3) is 4.29 Å². The maximum Gasteiger partial charge on any atom is 0.250 e. The molecule has 3 unspecified atom stereocenters. The third kappa shape index (κ3) is 9.82. The van der Waals surface area contributed by atoms with Crippen molar-refractivity contribution in [2.75, 3.05) is 27.7 Å². The van der Waals surface area contributed by atoms with Gasteiger partial charge in [0.05, 0.1) is 32.0 Å². The Hall–Kier alpha value is 1.25. The van der Waals surface area contributed by atoms with Gasteiger partial charge in [0.1, 0.15) is 11.6 Å². The molecule has 24 heavy (non-hydrogen) atoms. The van der Waals surface area contributed by atoms with Gasteiger partial charge in [-0.25, -0.2) is 4.89 Å². The number of alkyl halides is 1. The molecular formula is C16H34BBrINO3P+. The second-order valence-electron chi connectivity index (χ2n) is 8.47. The van der Waals surface area contributed by atoms with E-state index in [-0.39, 0.29) is 6.10 Å². The Morgan fingerprint density at radius 1 is 1.38 bits per heavy atom. The zero-order valence-corrected chi connectivity index (χ0v) is 20.9. The average molecular weight is 537 g/mol. The molecule has 8 heteroatoms. The maximum atomic E-state index is 12.7. The topological polar surface area (TPSA) is 46.5 Å². The van der Waals surface area contributed by atoms with Crippen LogP contribution >= 0.6 is 46.8 Å². The minimum atomic E-state index is -0.452. The molecule has 0 aliphatic rings. The Balaban J connectivity index is 4.91. The lowest BCUT2D eigenvalue weighted by Crippen LogP contribution is -2.45. The van der Waals surface area contributed by atoms with Crippen LogP contribution in [0.2, 0.25) is 6.32 Å². The van der Waals surface area contributed by atoms with E-state index in [2.05, 4.69) is 66.4 Å². The van der Waals surface area contributed by atoms with Crippen LogP contribution in [0.15, 0.2) is 0 Å². The van der Waals surface area contributed by atoms with Gasteiger partial charge in [0, 0.05) is 11.8 Å². The van der Waals surface area contributed by atoms with E-state index in [1.165, 1.54) is 0 Å². The van der Waals surface area contributed by atoms with Gasteiger partial charge in [-0.15, -0.1) is 22.4 Å². The summed E-state index contributed by atoms with van der Waals surface area (Å²) in [6.07, 6.45) is 3.19. The summed E-state index contributed by atoms with van der Waals surface area (Å²) in [6.45, 7) is 9.05. The van der Waals surface area contributed by atoms with Gasteiger partial charge in [0.15, 0.2) is 0 Å². The summed E-state index contributed by atoms with van der Waals surface area (Å²) < 4.78 is 0.774. The zero-order chi connectivity index (χ0) is 19.2. The third-order valence-electron chi connectivity index (χ3n) is 4.09. The molecule has 3 atom stereocenters. The molecular weight excluding hydrogens is 503 g/mol. The van der Waals surface area contributed by atoms with E-state index in [0.717, 1.165) is 30.2 Å². The summed E-state index contributed by atoms with van der Waals surface area (Å²) in [4.78, 5) is 17.5. The SMILES string of the molecule is CCCB(I)PC(=O)C(C)(C)CC(C)(Br)C(CC[N+](C)(C)C)OO. The Bertz CT molecular complexity index is 405. The fourth-order valence-electron chi connectivity index (χ4n) is 2.69. The molecule has 0 fully saturated rings. The normalized spacial score (nSPS) is 17.1. The molecule has 0 heterocycles. The van der Waals surface area contributed by atoms with Crippen molar-refractivity contribution in [3.8, 4) is 0 Å². The van der Waals surface area contributed by atoms with Crippen LogP contribution in [0.5, 0.6) is 0 Å². The van der Waals surface area contributed by atoms with Crippen molar-refractivity contribution in [3.63, 3.8) is 0 Å². The van der Waals surface area contributed by atoms with Crippen LogP contribution in [-0.2, 0) is 9.68 Å². The molecule has 0 spiro atoms. The monoisotopic (exact) mass is 536 g/mol. The first-order valence-electron chi connectivity index (χ1n) is 8.50. The van der Waals surface area contributed by atoms with Crippen LogP contribution in [0.3, 0.4) is 0 Å². The molecule has 4 nitrogen and oxygen atoms in total. The number of rotatable bonds is 12. The lowest BCUT2D eigenvalue weighted by molar-refractivity contribution is -0.871. The number of nitrogens with zero attached hydrogens (tertiary/aromatic N) is 1. The van der Waals surface area contributed by atoms with E-state index < -0.39 is 9.74 Å². The van der Waals surface area contributed by atoms with E-state index in [0.29, 0.717) is 24.7 Å². The number of quaternary nitrogens is 1. The van der Waals surface area contributed by atoms with E-state index in [4.69, 9.17) is 4.89 Å². The van der Waals surface area contributed by atoms with Crippen LogP contribution < -0.4 is 0 Å². The van der Waals surface area contributed by atoms with E-state index >= 15 is 0 Å². The lowest BCUT2D eigenvalue weighted by Gasteiger charge is -2.37. The minimum absolute atomic E-state index is 0.310. The summed E-state index contributed by atoms with van der Waals surface area (Å²) in [5.41, 5.74) is -0.134. The summed E-state index contributed by atoms with van der Waals surface area (Å²) in [7, 11) is 6.67. The smallest absolute Gasteiger partial charge is 0.250 e. The van der Waals surface area contributed by atoms with Crippen molar-refractivity contribution in [3.05, 3.63) is 0 Å². The Labute approximate surface area is 172 Å². The van der Waals surface area contributed by atoms with Gasteiger partial charge in [-0.1, -0.05) is 57.9 Å². The highest BCUT2D eigenvalue weighted by Gasteiger charge is 2.42. The Kier molecular flexibility index (Phi) is 11.1. The summed E-state index contributed by atoms with van der Waals surface area (Å²) in [5, 5.41) is 9.39. The quantitative estimate of drug-likeness (QED) is 0.0722. The first-order chi connectivity index (χ1) is 10.7. The predicted molar refractivity (Wildman–Crippen MR) is 119 cm³/mol.